The standard InChI is InChI=1S/C18H15F3N2O4S3/c1-12-7-8-15(23-30(26,27)17-6-3-9-28-17)11-16(12)29(24,25)22-14-5-2-4-13(10-14)18(19,20)21/h2-11,22-23H,1H3. The van der Waals surface area contributed by atoms with Gasteiger partial charge in [0.25, 0.3) is 20.0 Å². The third kappa shape index (κ3) is 4.94. The molecule has 2 aromatic carbocycles. The molecule has 3 rings (SSSR count). The largest absolute Gasteiger partial charge is 0.416 e. The van der Waals surface area contributed by atoms with Crippen LogP contribution in [0.15, 0.2) is 69.1 Å². The highest BCUT2D eigenvalue weighted by Crippen LogP contribution is 2.32. The first-order chi connectivity index (χ1) is 13.9. The van der Waals surface area contributed by atoms with Gasteiger partial charge in [-0.3, -0.25) is 9.44 Å². The Hall–Kier alpha value is -2.57. The van der Waals surface area contributed by atoms with Crippen LogP contribution >= 0.6 is 11.3 Å². The predicted octanol–water partition coefficient (Wildman–Crippen LogP) is 4.68. The fourth-order valence-corrected chi connectivity index (χ4v) is 5.91. The first-order valence-corrected chi connectivity index (χ1v) is 12.1. The van der Waals surface area contributed by atoms with Crippen LogP contribution in [0.2, 0.25) is 0 Å². The molecule has 0 bridgehead atoms. The van der Waals surface area contributed by atoms with Gasteiger partial charge in [-0.05, 0) is 54.3 Å². The zero-order valence-electron chi connectivity index (χ0n) is 15.3. The van der Waals surface area contributed by atoms with E-state index < -0.39 is 31.8 Å². The number of hydrogen-bond donors (Lipinski definition) is 2. The number of anilines is 2. The van der Waals surface area contributed by atoms with Crippen molar-refractivity contribution in [2.24, 2.45) is 0 Å². The summed E-state index contributed by atoms with van der Waals surface area (Å²) in [6.07, 6.45) is -4.63. The molecule has 0 saturated carbocycles. The molecule has 0 aliphatic carbocycles. The molecule has 0 spiro atoms. The van der Waals surface area contributed by atoms with Crippen LogP contribution in [0.5, 0.6) is 0 Å². The van der Waals surface area contributed by atoms with Crippen LogP contribution in [0.3, 0.4) is 0 Å². The molecule has 1 aromatic heterocycles. The number of benzene rings is 2. The molecule has 3 aromatic rings. The summed E-state index contributed by atoms with van der Waals surface area (Å²) in [4.78, 5) is -0.272. The van der Waals surface area contributed by atoms with Gasteiger partial charge in [0, 0.05) is 5.69 Å². The Labute approximate surface area is 175 Å². The maximum absolute atomic E-state index is 12.9. The van der Waals surface area contributed by atoms with E-state index in [-0.39, 0.29) is 26.0 Å². The number of nitrogens with one attached hydrogen (secondary N) is 2. The van der Waals surface area contributed by atoms with Gasteiger partial charge in [-0.15, -0.1) is 11.3 Å². The fraction of sp³-hybridized carbons (Fsp3) is 0.111. The maximum atomic E-state index is 12.9. The molecule has 6 nitrogen and oxygen atoms in total. The molecule has 0 aliphatic heterocycles. The van der Waals surface area contributed by atoms with Crippen molar-refractivity contribution >= 4 is 42.8 Å². The first kappa shape index (κ1) is 22.1. The van der Waals surface area contributed by atoms with Crippen LogP contribution in [-0.2, 0) is 26.2 Å². The topological polar surface area (TPSA) is 92.3 Å². The lowest BCUT2D eigenvalue weighted by atomic mass is 10.2. The van der Waals surface area contributed by atoms with Crippen molar-refractivity contribution in [3.63, 3.8) is 0 Å². The van der Waals surface area contributed by atoms with Crippen LogP contribution < -0.4 is 9.44 Å². The average Bonchev–Trinajstić information content (AvgIpc) is 3.18. The Kier molecular flexibility index (Phi) is 5.85. The van der Waals surface area contributed by atoms with Crippen LogP contribution in [-0.4, -0.2) is 16.8 Å². The minimum Gasteiger partial charge on any atom is -0.280 e. The Morgan fingerprint density at radius 3 is 2.13 bits per heavy atom. The summed E-state index contributed by atoms with van der Waals surface area (Å²) in [7, 11) is -8.19. The highest BCUT2D eigenvalue weighted by molar-refractivity contribution is 7.94. The Morgan fingerprint density at radius 1 is 0.833 bits per heavy atom. The van der Waals surface area contributed by atoms with E-state index in [9.17, 15) is 30.0 Å². The van der Waals surface area contributed by atoms with E-state index in [2.05, 4.69) is 9.44 Å². The SMILES string of the molecule is Cc1ccc(NS(=O)(=O)c2cccs2)cc1S(=O)(=O)Nc1cccc(C(F)(F)F)c1. The summed E-state index contributed by atoms with van der Waals surface area (Å²) in [5.74, 6) is 0. The maximum Gasteiger partial charge on any atom is 0.416 e. The second kappa shape index (κ2) is 7.93. The van der Waals surface area contributed by atoms with Crippen molar-refractivity contribution in [3.8, 4) is 0 Å². The van der Waals surface area contributed by atoms with E-state index in [4.69, 9.17) is 0 Å². The number of hydrogen-bond acceptors (Lipinski definition) is 5. The molecule has 2 N–H and O–H groups in total. The zero-order chi connectivity index (χ0) is 22.2. The van der Waals surface area contributed by atoms with Gasteiger partial charge in [-0.2, -0.15) is 13.2 Å². The molecule has 0 radical (unpaired) electrons. The Morgan fingerprint density at radius 2 is 1.50 bits per heavy atom. The summed E-state index contributed by atoms with van der Waals surface area (Å²) in [6, 6.07) is 10.6. The predicted molar refractivity (Wildman–Crippen MR) is 109 cm³/mol. The molecular formula is C18H15F3N2O4S3. The van der Waals surface area contributed by atoms with Crippen LogP contribution in [0.1, 0.15) is 11.1 Å². The molecule has 0 unspecified atom stereocenters. The van der Waals surface area contributed by atoms with E-state index in [1.807, 2.05) is 0 Å². The summed E-state index contributed by atoms with van der Waals surface area (Å²) in [5.41, 5.74) is -0.988. The monoisotopic (exact) mass is 476 g/mol. The summed E-state index contributed by atoms with van der Waals surface area (Å²) in [5, 5.41) is 1.58. The average molecular weight is 477 g/mol. The lowest BCUT2D eigenvalue weighted by Crippen LogP contribution is -2.16. The van der Waals surface area contributed by atoms with Gasteiger partial charge in [-0.1, -0.05) is 18.2 Å². The van der Waals surface area contributed by atoms with Gasteiger partial charge < -0.3 is 0 Å². The molecular weight excluding hydrogens is 461 g/mol. The molecule has 30 heavy (non-hydrogen) atoms. The Bertz CT molecular complexity index is 1270. The van der Waals surface area contributed by atoms with Gasteiger partial charge in [0.15, 0.2) is 0 Å². The molecule has 1 heterocycles. The van der Waals surface area contributed by atoms with Crippen molar-refractivity contribution in [3.05, 3.63) is 71.1 Å². The van der Waals surface area contributed by atoms with Gasteiger partial charge in [-0.25, -0.2) is 16.8 Å². The first-order valence-electron chi connectivity index (χ1n) is 8.25. The lowest BCUT2D eigenvalue weighted by molar-refractivity contribution is -0.137. The minimum absolute atomic E-state index is 0.00147. The van der Waals surface area contributed by atoms with Crippen LogP contribution in [0.25, 0.3) is 0 Å². The highest BCUT2D eigenvalue weighted by Gasteiger charge is 2.31. The second-order valence-electron chi connectivity index (χ2n) is 6.20. The van der Waals surface area contributed by atoms with Gasteiger partial charge in [0.05, 0.1) is 16.1 Å². The van der Waals surface area contributed by atoms with Crippen molar-refractivity contribution in [1.29, 1.82) is 0 Å². The molecule has 0 saturated heterocycles. The molecule has 160 valence electrons. The Balaban J connectivity index is 1.92. The number of sulfonamides is 2. The molecule has 0 fully saturated rings. The number of aryl methyl sites for hydroxylation is 1. The van der Waals surface area contributed by atoms with Crippen molar-refractivity contribution < 1.29 is 30.0 Å². The number of alkyl halides is 3. The van der Waals surface area contributed by atoms with Crippen LogP contribution in [0.4, 0.5) is 24.5 Å². The highest BCUT2D eigenvalue weighted by atomic mass is 32.2. The van der Waals surface area contributed by atoms with Crippen molar-refractivity contribution in [1.82, 2.24) is 0 Å². The second-order valence-corrected chi connectivity index (χ2v) is 10.7. The van der Waals surface area contributed by atoms with Crippen molar-refractivity contribution in [2.75, 3.05) is 9.44 Å². The van der Waals surface area contributed by atoms with Gasteiger partial charge >= 0.3 is 6.18 Å². The van der Waals surface area contributed by atoms with Gasteiger partial charge in [0.2, 0.25) is 0 Å². The molecule has 12 heteroatoms. The smallest absolute Gasteiger partial charge is 0.280 e. The molecule has 0 atom stereocenters. The minimum atomic E-state index is -4.63. The quantitative estimate of drug-likeness (QED) is 0.541. The van der Waals surface area contributed by atoms with E-state index in [1.54, 1.807) is 11.4 Å². The number of halogens is 3. The summed E-state index contributed by atoms with van der Waals surface area (Å²) in [6.45, 7) is 1.48. The third-order valence-corrected chi connectivity index (χ3v) is 8.23. The van der Waals surface area contributed by atoms with E-state index in [0.29, 0.717) is 6.07 Å². The van der Waals surface area contributed by atoms with Crippen molar-refractivity contribution in [2.45, 2.75) is 22.2 Å². The number of thiophene rings is 1. The lowest BCUT2D eigenvalue weighted by Gasteiger charge is -2.14. The normalized spacial score (nSPS) is 12.5. The van der Waals surface area contributed by atoms with Crippen LogP contribution in [0, 0.1) is 6.92 Å². The zero-order valence-corrected chi connectivity index (χ0v) is 17.7. The summed E-state index contributed by atoms with van der Waals surface area (Å²) >= 11 is 0.994. The van der Waals surface area contributed by atoms with E-state index in [0.717, 1.165) is 29.5 Å². The number of rotatable bonds is 6. The van der Waals surface area contributed by atoms with E-state index in [1.165, 1.54) is 31.2 Å². The van der Waals surface area contributed by atoms with Gasteiger partial charge in [0.1, 0.15) is 4.21 Å². The fourth-order valence-electron chi connectivity index (χ4n) is 2.54. The third-order valence-electron chi connectivity index (χ3n) is 3.93. The summed E-state index contributed by atoms with van der Waals surface area (Å²) < 4.78 is 93.3. The molecule has 0 amide bonds. The van der Waals surface area contributed by atoms with E-state index >= 15 is 0 Å². The molecule has 0 aliphatic rings.